The Balaban J connectivity index is 1.37. The number of benzene rings is 1. The lowest BCUT2D eigenvalue weighted by Crippen LogP contribution is -2.32. The molecule has 2 aromatic heterocycles. The van der Waals surface area contributed by atoms with Gasteiger partial charge in [-0.1, -0.05) is 0 Å². The van der Waals surface area contributed by atoms with Gasteiger partial charge < -0.3 is 24.7 Å². The molecule has 0 atom stereocenters. The van der Waals surface area contributed by atoms with Gasteiger partial charge in [-0.2, -0.15) is 0 Å². The third kappa shape index (κ3) is 5.46. The molecule has 0 aliphatic carbocycles. The van der Waals surface area contributed by atoms with Gasteiger partial charge in [-0.25, -0.2) is 9.97 Å². The zero-order chi connectivity index (χ0) is 18.9. The molecule has 0 fully saturated rings. The monoisotopic (exact) mass is 367 g/mol. The summed E-state index contributed by atoms with van der Waals surface area (Å²) in [6.07, 6.45) is 5.32. The predicted octanol–water partition coefficient (Wildman–Crippen LogP) is 1.88. The summed E-state index contributed by atoms with van der Waals surface area (Å²) in [5, 5.41) is 5.94. The van der Waals surface area contributed by atoms with Crippen LogP contribution in [0, 0.1) is 0 Å². The van der Waals surface area contributed by atoms with Crippen LogP contribution in [0.3, 0.4) is 0 Å². The maximum absolute atomic E-state index is 11.8. The van der Waals surface area contributed by atoms with Crippen molar-refractivity contribution in [3.63, 3.8) is 0 Å². The van der Waals surface area contributed by atoms with Gasteiger partial charge in [0, 0.05) is 31.5 Å². The summed E-state index contributed by atoms with van der Waals surface area (Å²) in [6.45, 7) is 0.946. The Morgan fingerprint density at radius 3 is 2.56 bits per heavy atom. The Bertz CT molecular complexity index is 850. The van der Waals surface area contributed by atoms with Gasteiger partial charge in [-0.05, 0) is 36.4 Å². The van der Waals surface area contributed by atoms with E-state index in [0.717, 1.165) is 11.6 Å². The third-order valence-electron chi connectivity index (χ3n) is 3.70. The molecule has 8 heteroatoms. The number of rotatable bonds is 9. The number of methoxy groups -OCH3 is 1. The molecule has 1 amide bonds. The fourth-order valence-corrected chi connectivity index (χ4v) is 2.34. The van der Waals surface area contributed by atoms with Crippen molar-refractivity contribution in [1.82, 2.24) is 19.9 Å². The molecular formula is C19H21N5O3. The molecule has 3 aromatic rings. The van der Waals surface area contributed by atoms with Crippen molar-refractivity contribution < 1.29 is 14.3 Å². The summed E-state index contributed by atoms with van der Waals surface area (Å²) in [4.78, 5) is 20.2. The maximum Gasteiger partial charge on any atom is 0.258 e. The molecule has 27 heavy (non-hydrogen) atoms. The highest BCUT2D eigenvalue weighted by molar-refractivity contribution is 5.77. The first-order valence-electron chi connectivity index (χ1n) is 8.47. The van der Waals surface area contributed by atoms with Crippen LogP contribution in [0.4, 0.5) is 5.82 Å². The standard InChI is InChI=1S/C19H21N5O3/c1-26-15-4-6-16(7-5-15)27-13-19(25)21-9-8-20-17-12-18(23-14-22-17)24-10-2-3-11-24/h2-7,10-12,14H,8-9,13H2,1H3,(H,21,25)(H,20,22,23). The van der Waals surface area contributed by atoms with Crippen molar-refractivity contribution in [3.8, 4) is 17.3 Å². The summed E-state index contributed by atoms with van der Waals surface area (Å²) in [6, 6.07) is 12.8. The minimum atomic E-state index is -0.191. The first-order chi connectivity index (χ1) is 13.2. The SMILES string of the molecule is COc1ccc(OCC(=O)NCCNc2cc(-n3cccc3)ncn2)cc1. The van der Waals surface area contributed by atoms with Crippen molar-refractivity contribution in [2.75, 3.05) is 32.1 Å². The average Bonchev–Trinajstić information content (AvgIpc) is 3.25. The van der Waals surface area contributed by atoms with E-state index in [1.807, 2.05) is 35.2 Å². The zero-order valence-electron chi connectivity index (χ0n) is 15.0. The third-order valence-corrected chi connectivity index (χ3v) is 3.70. The molecule has 0 radical (unpaired) electrons. The molecule has 3 rings (SSSR count). The number of ether oxygens (including phenoxy) is 2. The van der Waals surface area contributed by atoms with Crippen LogP contribution in [0.5, 0.6) is 11.5 Å². The summed E-state index contributed by atoms with van der Waals surface area (Å²) in [7, 11) is 1.60. The fourth-order valence-electron chi connectivity index (χ4n) is 2.34. The Hall–Kier alpha value is -3.55. The van der Waals surface area contributed by atoms with E-state index in [4.69, 9.17) is 9.47 Å². The zero-order valence-corrected chi connectivity index (χ0v) is 15.0. The minimum absolute atomic E-state index is 0.0440. The Labute approximate surface area is 157 Å². The number of nitrogens with zero attached hydrogens (tertiary/aromatic N) is 3. The smallest absolute Gasteiger partial charge is 0.258 e. The number of carbonyl (C=O) groups is 1. The molecule has 2 N–H and O–H groups in total. The van der Waals surface area contributed by atoms with Gasteiger partial charge in [0.15, 0.2) is 6.61 Å². The molecule has 0 unspecified atom stereocenters. The van der Waals surface area contributed by atoms with Crippen molar-refractivity contribution in [3.05, 3.63) is 61.2 Å². The molecule has 140 valence electrons. The predicted molar refractivity (Wildman–Crippen MR) is 101 cm³/mol. The van der Waals surface area contributed by atoms with Gasteiger partial charge in [-0.3, -0.25) is 4.79 Å². The lowest BCUT2D eigenvalue weighted by molar-refractivity contribution is -0.123. The largest absolute Gasteiger partial charge is 0.497 e. The lowest BCUT2D eigenvalue weighted by atomic mass is 10.3. The van der Waals surface area contributed by atoms with E-state index in [1.165, 1.54) is 6.33 Å². The second-order valence-electron chi connectivity index (χ2n) is 5.59. The van der Waals surface area contributed by atoms with Crippen LogP contribution < -0.4 is 20.1 Å². The molecule has 0 bridgehead atoms. The highest BCUT2D eigenvalue weighted by atomic mass is 16.5. The molecule has 0 saturated heterocycles. The van der Waals surface area contributed by atoms with Gasteiger partial charge in [0.2, 0.25) is 0 Å². The van der Waals surface area contributed by atoms with Gasteiger partial charge in [-0.15, -0.1) is 0 Å². The number of carbonyl (C=O) groups excluding carboxylic acids is 1. The highest BCUT2D eigenvalue weighted by Gasteiger charge is 2.03. The second-order valence-corrected chi connectivity index (χ2v) is 5.59. The number of amides is 1. The molecule has 0 saturated carbocycles. The van der Waals surface area contributed by atoms with Crippen LogP contribution in [0.2, 0.25) is 0 Å². The van der Waals surface area contributed by atoms with Gasteiger partial charge >= 0.3 is 0 Å². The number of anilines is 1. The van der Waals surface area contributed by atoms with Crippen molar-refractivity contribution >= 4 is 11.7 Å². The second kappa shape index (κ2) is 9.23. The Morgan fingerprint density at radius 1 is 1.07 bits per heavy atom. The van der Waals surface area contributed by atoms with Crippen molar-refractivity contribution in [2.24, 2.45) is 0 Å². The molecule has 0 spiro atoms. The van der Waals surface area contributed by atoms with E-state index >= 15 is 0 Å². The van der Waals surface area contributed by atoms with Crippen molar-refractivity contribution in [2.45, 2.75) is 0 Å². The van der Waals surface area contributed by atoms with Crippen LogP contribution in [0.1, 0.15) is 0 Å². The number of hydrogen-bond acceptors (Lipinski definition) is 6. The first-order valence-corrected chi connectivity index (χ1v) is 8.47. The molecule has 0 aliphatic rings. The molecule has 0 aliphatic heterocycles. The minimum Gasteiger partial charge on any atom is -0.497 e. The van der Waals surface area contributed by atoms with E-state index in [1.54, 1.807) is 31.4 Å². The average molecular weight is 367 g/mol. The first kappa shape index (κ1) is 18.2. The summed E-state index contributed by atoms with van der Waals surface area (Å²) >= 11 is 0. The van der Waals surface area contributed by atoms with Gasteiger partial charge in [0.05, 0.1) is 7.11 Å². The highest BCUT2D eigenvalue weighted by Crippen LogP contribution is 2.16. The van der Waals surface area contributed by atoms with Crippen LogP contribution in [-0.4, -0.2) is 47.2 Å². The summed E-state index contributed by atoms with van der Waals surface area (Å²) in [5.41, 5.74) is 0. The van der Waals surface area contributed by atoms with Crippen LogP contribution >= 0.6 is 0 Å². The number of nitrogens with one attached hydrogen (secondary N) is 2. The van der Waals surface area contributed by atoms with E-state index in [-0.39, 0.29) is 12.5 Å². The summed E-state index contributed by atoms with van der Waals surface area (Å²) < 4.78 is 12.4. The quantitative estimate of drug-likeness (QED) is 0.561. The number of aromatic nitrogens is 3. The van der Waals surface area contributed by atoms with Crippen LogP contribution in [-0.2, 0) is 4.79 Å². The lowest BCUT2D eigenvalue weighted by Gasteiger charge is -2.10. The van der Waals surface area contributed by atoms with Crippen LogP contribution in [0.15, 0.2) is 61.2 Å². The molecule has 8 nitrogen and oxygen atoms in total. The van der Waals surface area contributed by atoms with Crippen molar-refractivity contribution in [1.29, 1.82) is 0 Å². The van der Waals surface area contributed by atoms with E-state index in [0.29, 0.717) is 24.7 Å². The fraction of sp³-hybridized carbons (Fsp3) is 0.211. The van der Waals surface area contributed by atoms with Gasteiger partial charge in [0.1, 0.15) is 29.5 Å². The maximum atomic E-state index is 11.8. The van der Waals surface area contributed by atoms with Gasteiger partial charge in [0.25, 0.3) is 5.91 Å². The van der Waals surface area contributed by atoms with E-state index < -0.39 is 0 Å². The Kier molecular flexibility index (Phi) is 6.24. The Morgan fingerprint density at radius 2 is 1.81 bits per heavy atom. The van der Waals surface area contributed by atoms with E-state index in [9.17, 15) is 4.79 Å². The normalized spacial score (nSPS) is 10.3. The number of hydrogen-bond donors (Lipinski definition) is 2. The summed E-state index contributed by atoms with van der Waals surface area (Å²) in [5.74, 6) is 2.63. The van der Waals surface area contributed by atoms with E-state index in [2.05, 4.69) is 20.6 Å². The molecule has 1 aromatic carbocycles. The van der Waals surface area contributed by atoms with Crippen LogP contribution in [0.25, 0.3) is 5.82 Å². The molecular weight excluding hydrogens is 346 g/mol. The topological polar surface area (TPSA) is 90.3 Å². The molecule has 2 heterocycles.